The molecule has 3 N–H and O–H groups in total. The van der Waals surface area contributed by atoms with E-state index in [1.807, 2.05) is 0 Å². The number of aliphatic hydroxyl groups excluding tert-OH is 1. The smallest absolute Gasteiger partial charge is 0.146 e. The van der Waals surface area contributed by atoms with Gasteiger partial charge in [0, 0.05) is 11.8 Å². The summed E-state index contributed by atoms with van der Waals surface area (Å²) in [6, 6.07) is 1.46. The van der Waals surface area contributed by atoms with Gasteiger partial charge >= 0.3 is 0 Å². The second-order valence-corrected chi connectivity index (χ2v) is 2.93. The molecule has 1 heterocycles. The summed E-state index contributed by atoms with van der Waals surface area (Å²) in [6.07, 6.45) is 2.52. The summed E-state index contributed by atoms with van der Waals surface area (Å²) in [5.41, 5.74) is 4.86. The minimum atomic E-state index is -1.03. The lowest BCUT2D eigenvalue weighted by Crippen LogP contribution is -2.37. The second-order valence-electron chi connectivity index (χ2n) is 2.93. The number of rotatable bonds is 2. The highest BCUT2D eigenvalue weighted by atomic mass is 19.1. The van der Waals surface area contributed by atoms with Crippen LogP contribution in [0.3, 0.4) is 0 Å². The number of aromatic nitrogens is 1. The molecule has 1 aromatic heterocycles. The van der Waals surface area contributed by atoms with E-state index in [4.69, 9.17) is 10.8 Å². The summed E-state index contributed by atoms with van der Waals surface area (Å²) < 4.78 is 13.0. The van der Waals surface area contributed by atoms with Crippen molar-refractivity contribution in [2.45, 2.75) is 12.5 Å². The normalized spacial score (nSPS) is 15.7. The zero-order valence-electron chi connectivity index (χ0n) is 6.79. The van der Waals surface area contributed by atoms with Crippen molar-refractivity contribution in [2.75, 3.05) is 6.61 Å². The van der Waals surface area contributed by atoms with Gasteiger partial charge in [0.05, 0.1) is 18.3 Å². The zero-order chi connectivity index (χ0) is 9.19. The summed E-state index contributed by atoms with van der Waals surface area (Å²) >= 11 is 0. The Morgan fingerprint density at radius 2 is 2.42 bits per heavy atom. The molecule has 0 saturated carbocycles. The average molecular weight is 170 g/mol. The van der Waals surface area contributed by atoms with Crippen molar-refractivity contribution < 1.29 is 9.50 Å². The average Bonchev–Trinajstić information content (AvgIpc) is 2.05. The Labute approximate surface area is 70.0 Å². The van der Waals surface area contributed by atoms with Crippen LogP contribution in [0.1, 0.15) is 12.5 Å². The predicted octanol–water partition coefficient (Wildman–Crippen LogP) is 0.387. The van der Waals surface area contributed by atoms with Crippen LogP contribution in [-0.4, -0.2) is 16.7 Å². The van der Waals surface area contributed by atoms with Crippen molar-refractivity contribution in [1.29, 1.82) is 0 Å². The van der Waals surface area contributed by atoms with Gasteiger partial charge in [0.2, 0.25) is 0 Å². The largest absolute Gasteiger partial charge is 0.394 e. The molecule has 66 valence electrons. The van der Waals surface area contributed by atoms with Crippen LogP contribution in [0.5, 0.6) is 0 Å². The lowest BCUT2D eigenvalue weighted by atomic mass is 9.95. The van der Waals surface area contributed by atoms with Crippen LogP contribution in [0.25, 0.3) is 0 Å². The third-order valence-electron chi connectivity index (χ3n) is 1.72. The highest BCUT2D eigenvalue weighted by Crippen LogP contribution is 2.18. The van der Waals surface area contributed by atoms with E-state index in [2.05, 4.69) is 4.98 Å². The molecule has 0 saturated heterocycles. The van der Waals surface area contributed by atoms with Crippen LogP contribution in [0.2, 0.25) is 0 Å². The highest BCUT2D eigenvalue weighted by Gasteiger charge is 2.23. The van der Waals surface area contributed by atoms with Gasteiger partial charge in [0.25, 0.3) is 0 Å². The van der Waals surface area contributed by atoms with Crippen molar-refractivity contribution in [3.05, 3.63) is 29.8 Å². The van der Waals surface area contributed by atoms with E-state index in [0.29, 0.717) is 0 Å². The van der Waals surface area contributed by atoms with Crippen LogP contribution in [0, 0.1) is 5.82 Å². The first kappa shape index (κ1) is 9.09. The summed E-state index contributed by atoms with van der Waals surface area (Å²) in [5, 5.41) is 8.86. The molecule has 0 aliphatic carbocycles. The van der Waals surface area contributed by atoms with Crippen molar-refractivity contribution in [3.8, 4) is 0 Å². The number of hydrogen-bond donors (Lipinski definition) is 2. The first-order chi connectivity index (χ1) is 5.58. The van der Waals surface area contributed by atoms with Gasteiger partial charge in [-0.1, -0.05) is 0 Å². The first-order valence-electron chi connectivity index (χ1n) is 3.57. The molecule has 0 aliphatic heterocycles. The number of nitrogens with zero attached hydrogens (tertiary/aromatic N) is 1. The minimum Gasteiger partial charge on any atom is -0.394 e. The summed E-state index contributed by atoms with van der Waals surface area (Å²) in [5.74, 6) is -0.489. The van der Waals surface area contributed by atoms with Gasteiger partial charge in [-0.3, -0.25) is 4.98 Å². The van der Waals surface area contributed by atoms with Crippen molar-refractivity contribution in [1.82, 2.24) is 4.98 Å². The van der Waals surface area contributed by atoms with Crippen molar-refractivity contribution >= 4 is 0 Å². The third-order valence-corrected chi connectivity index (χ3v) is 1.72. The molecule has 0 aliphatic rings. The van der Waals surface area contributed by atoms with E-state index < -0.39 is 11.4 Å². The number of hydrogen-bond acceptors (Lipinski definition) is 3. The lowest BCUT2D eigenvalue weighted by Gasteiger charge is -2.22. The number of nitrogens with two attached hydrogens (primary N) is 1. The molecule has 1 atom stereocenters. The van der Waals surface area contributed by atoms with Gasteiger partial charge in [-0.25, -0.2) is 4.39 Å². The zero-order valence-corrected chi connectivity index (χ0v) is 6.79. The molecule has 0 amide bonds. The second kappa shape index (κ2) is 3.16. The maximum Gasteiger partial charge on any atom is 0.146 e. The molecule has 0 fully saturated rings. The molecule has 0 spiro atoms. The summed E-state index contributed by atoms with van der Waals surface area (Å²) in [6.45, 7) is 1.26. The van der Waals surface area contributed by atoms with E-state index >= 15 is 0 Å². The monoisotopic (exact) mass is 170 g/mol. The molecule has 0 radical (unpaired) electrons. The molecule has 4 heteroatoms. The molecule has 12 heavy (non-hydrogen) atoms. The fraction of sp³-hybridized carbons (Fsp3) is 0.375. The Morgan fingerprint density at radius 3 is 2.92 bits per heavy atom. The molecule has 0 bridgehead atoms. The molecule has 1 aromatic rings. The van der Waals surface area contributed by atoms with Crippen molar-refractivity contribution in [2.24, 2.45) is 5.73 Å². The summed E-state index contributed by atoms with van der Waals surface area (Å²) in [4.78, 5) is 3.58. The van der Waals surface area contributed by atoms with Gasteiger partial charge in [0.15, 0.2) is 0 Å². The van der Waals surface area contributed by atoms with Crippen molar-refractivity contribution in [3.63, 3.8) is 0 Å². The van der Waals surface area contributed by atoms with E-state index in [0.717, 1.165) is 6.20 Å². The molecule has 1 rings (SSSR count). The van der Waals surface area contributed by atoms with Crippen LogP contribution < -0.4 is 5.73 Å². The maximum atomic E-state index is 13.0. The molecule has 0 unspecified atom stereocenters. The molecule has 3 nitrogen and oxygen atoms in total. The lowest BCUT2D eigenvalue weighted by molar-refractivity contribution is 0.206. The number of aliphatic hydroxyl groups is 1. The molecular formula is C8H11FN2O. The van der Waals surface area contributed by atoms with Gasteiger partial charge in [-0.2, -0.15) is 0 Å². The quantitative estimate of drug-likeness (QED) is 0.674. The number of pyridine rings is 1. The standard InChI is InChI=1S/C8H11FN2O/c1-8(10,5-12)6-2-3-11-4-7(6)9/h2-4,12H,5,10H2,1H3/t8-/m0/s1. The van der Waals surface area contributed by atoms with E-state index in [9.17, 15) is 4.39 Å². The Balaban J connectivity index is 3.10. The van der Waals surface area contributed by atoms with Crippen LogP contribution in [-0.2, 0) is 5.54 Å². The van der Waals surface area contributed by atoms with E-state index in [-0.39, 0.29) is 12.2 Å². The van der Waals surface area contributed by atoms with E-state index in [1.165, 1.54) is 12.3 Å². The Morgan fingerprint density at radius 1 is 1.75 bits per heavy atom. The third kappa shape index (κ3) is 1.60. The minimum absolute atomic E-state index is 0.278. The van der Waals surface area contributed by atoms with Crippen LogP contribution in [0.15, 0.2) is 18.5 Å². The van der Waals surface area contributed by atoms with Gasteiger partial charge in [-0.15, -0.1) is 0 Å². The number of halogens is 1. The SMILES string of the molecule is C[C@](N)(CO)c1ccncc1F. The van der Waals surface area contributed by atoms with Gasteiger partial charge in [0.1, 0.15) is 5.82 Å². The Hall–Kier alpha value is -1.00. The molecular weight excluding hydrogens is 159 g/mol. The molecule has 0 aromatic carbocycles. The highest BCUT2D eigenvalue weighted by molar-refractivity contribution is 5.21. The van der Waals surface area contributed by atoms with Gasteiger partial charge in [-0.05, 0) is 13.0 Å². The topological polar surface area (TPSA) is 59.1 Å². The fourth-order valence-corrected chi connectivity index (χ4v) is 0.924. The fourth-order valence-electron chi connectivity index (χ4n) is 0.924. The van der Waals surface area contributed by atoms with E-state index in [1.54, 1.807) is 6.92 Å². The Kier molecular flexibility index (Phi) is 2.40. The maximum absolute atomic E-state index is 13.0. The van der Waals surface area contributed by atoms with Crippen LogP contribution in [0.4, 0.5) is 4.39 Å². The summed E-state index contributed by atoms with van der Waals surface area (Å²) in [7, 11) is 0. The van der Waals surface area contributed by atoms with Gasteiger partial charge < -0.3 is 10.8 Å². The predicted molar refractivity (Wildman–Crippen MR) is 42.8 cm³/mol. The van der Waals surface area contributed by atoms with Crippen LogP contribution >= 0.6 is 0 Å². The first-order valence-corrected chi connectivity index (χ1v) is 3.57. The Bertz CT molecular complexity index is 276.